The van der Waals surface area contributed by atoms with Crippen LogP contribution in [-0.2, 0) is 0 Å². The van der Waals surface area contributed by atoms with Gasteiger partial charge in [0.25, 0.3) is 0 Å². The number of hydrogen-bond donors (Lipinski definition) is 1. The first-order chi connectivity index (χ1) is 6.79. The third-order valence-corrected chi connectivity index (χ3v) is 1.79. The van der Waals surface area contributed by atoms with E-state index >= 15 is 0 Å². The van der Waals surface area contributed by atoms with E-state index in [1.54, 1.807) is 18.6 Å². The van der Waals surface area contributed by atoms with Crippen LogP contribution >= 0.6 is 0 Å². The van der Waals surface area contributed by atoms with Gasteiger partial charge < -0.3 is 9.72 Å². The third-order valence-electron chi connectivity index (χ3n) is 1.79. The Morgan fingerprint density at radius 3 is 2.36 bits per heavy atom. The lowest BCUT2D eigenvalue weighted by atomic mass is 10.3. The summed E-state index contributed by atoms with van der Waals surface area (Å²) < 4.78 is 4.86. The Morgan fingerprint density at radius 1 is 1.14 bits per heavy atom. The molecule has 2 heterocycles. The number of nitrogens with zero attached hydrogens (tertiary/aromatic N) is 3. The van der Waals surface area contributed by atoms with Crippen molar-refractivity contribution in [3.63, 3.8) is 0 Å². The van der Waals surface area contributed by atoms with E-state index in [-0.39, 0.29) is 0 Å². The van der Waals surface area contributed by atoms with Crippen molar-refractivity contribution in [3.8, 4) is 17.4 Å². The summed E-state index contributed by atoms with van der Waals surface area (Å²) in [6.45, 7) is 1.95. The molecule has 0 amide bonds. The number of imidazole rings is 1. The number of aromatic amines is 1. The van der Waals surface area contributed by atoms with Gasteiger partial charge in [0.15, 0.2) is 0 Å². The highest BCUT2D eigenvalue weighted by Gasteiger charge is 2.02. The van der Waals surface area contributed by atoms with Crippen LogP contribution in [0.4, 0.5) is 0 Å². The largest absolute Gasteiger partial charge is 0.467 e. The van der Waals surface area contributed by atoms with Gasteiger partial charge in [-0.1, -0.05) is 0 Å². The lowest BCUT2D eigenvalue weighted by molar-refractivity contribution is 0.380. The van der Waals surface area contributed by atoms with Gasteiger partial charge in [-0.25, -0.2) is 15.0 Å². The molecule has 0 aromatic carbocycles. The first-order valence-corrected chi connectivity index (χ1v) is 4.17. The summed E-state index contributed by atoms with van der Waals surface area (Å²) in [6.07, 6.45) is 5.10. The van der Waals surface area contributed by atoms with Gasteiger partial charge >= 0.3 is 6.01 Å². The summed E-state index contributed by atoms with van der Waals surface area (Å²) in [6, 6.07) is 0.358. The fourth-order valence-corrected chi connectivity index (χ4v) is 1.10. The van der Waals surface area contributed by atoms with Crippen molar-refractivity contribution in [2.45, 2.75) is 6.92 Å². The van der Waals surface area contributed by atoms with Crippen LogP contribution in [0.5, 0.6) is 6.01 Å². The van der Waals surface area contributed by atoms with Gasteiger partial charge in [-0.05, 0) is 6.92 Å². The van der Waals surface area contributed by atoms with Gasteiger partial charge in [0.1, 0.15) is 5.82 Å². The quantitative estimate of drug-likeness (QED) is 0.772. The third kappa shape index (κ3) is 1.56. The first-order valence-electron chi connectivity index (χ1n) is 4.17. The predicted octanol–water partition coefficient (Wildman–Crippen LogP) is 1.18. The smallest absolute Gasteiger partial charge is 0.316 e. The van der Waals surface area contributed by atoms with Gasteiger partial charge in [0.05, 0.1) is 12.7 Å². The van der Waals surface area contributed by atoms with Gasteiger partial charge in [-0.3, -0.25) is 0 Å². The lowest BCUT2D eigenvalue weighted by Crippen LogP contribution is -1.92. The minimum absolute atomic E-state index is 0.358. The summed E-state index contributed by atoms with van der Waals surface area (Å²) in [5.74, 6) is 0.769. The van der Waals surface area contributed by atoms with Crippen LogP contribution in [0.15, 0.2) is 18.6 Å². The van der Waals surface area contributed by atoms with Crippen molar-refractivity contribution in [2.24, 2.45) is 0 Å². The summed E-state index contributed by atoms with van der Waals surface area (Å²) in [5.41, 5.74) is 1.86. The zero-order valence-electron chi connectivity index (χ0n) is 7.98. The highest BCUT2D eigenvalue weighted by Crippen LogP contribution is 2.14. The van der Waals surface area contributed by atoms with Crippen molar-refractivity contribution in [1.29, 1.82) is 0 Å². The molecule has 1 N–H and O–H groups in total. The van der Waals surface area contributed by atoms with E-state index in [1.807, 2.05) is 6.92 Å². The Morgan fingerprint density at radius 2 is 1.86 bits per heavy atom. The Labute approximate surface area is 81.2 Å². The number of ether oxygens (including phenoxy) is 1. The minimum atomic E-state index is 0.358. The molecule has 14 heavy (non-hydrogen) atoms. The summed E-state index contributed by atoms with van der Waals surface area (Å²) in [7, 11) is 1.53. The van der Waals surface area contributed by atoms with Crippen LogP contribution in [0, 0.1) is 6.92 Å². The summed E-state index contributed by atoms with van der Waals surface area (Å²) in [5, 5.41) is 0. The molecular formula is C9H10N4O. The second-order valence-electron chi connectivity index (χ2n) is 2.87. The van der Waals surface area contributed by atoms with Crippen LogP contribution in [0.1, 0.15) is 5.69 Å². The van der Waals surface area contributed by atoms with E-state index in [0.29, 0.717) is 6.01 Å². The molecule has 0 bridgehead atoms. The molecular weight excluding hydrogens is 180 g/mol. The molecule has 2 aromatic heterocycles. The minimum Gasteiger partial charge on any atom is -0.467 e. The molecule has 0 aliphatic heterocycles. The van der Waals surface area contributed by atoms with E-state index in [2.05, 4.69) is 19.9 Å². The van der Waals surface area contributed by atoms with Crippen molar-refractivity contribution in [2.75, 3.05) is 7.11 Å². The maximum Gasteiger partial charge on any atom is 0.316 e. The zero-order chi connectivity index (χ0) is 9.97. The standard InChI is InChI=1S/C9H10N4O/c1-6-3-10-8(13-6)7-4-11-9(14-2)12-5-7/h3-5H,1-2H3,(H,10,13). The number of methoxy groups -OCH3 is 1. The van der Waals surface area contributed by atoms with Crippen molar-refractivity contribution in [3.05, 3.63) is 24.3 Å². The molecule has 0 unspecified atom stereocenters. The van der Waals surface area contributed by atoms with Crippen LogP contribution < -0.4 is 4.74 Å². The lowest BCUT2D eigenvalue weighted by Gasteiger charge is -1.97. The van der Waals surface area contributed by atoms with E-state index in [4.69, 9.17) is 4.74 Å². The number of H-pyrrole nitrogens is 1. The van der Waals surface area contributed by atoms with Crippen LogP contribution in [0.25, 0.3) is 11.4 Å². The molecule has 0 radical (unpaired) electrons. The highest BCUT2D eigenvalue weighted by atomic mass is 16.5. The number of rotatable bonds is 2. The van der Waals surface area contributed by atoms with Gasteiger partial charge in [-0.2, -0.15) is 0 Å². The van der Waals surface area contributed by atoms with E-state index in [1.165, 1.54) is 7.11 Å². The number of aryl methyl sites for hydroxylation is 1. The molecule has 0 aliphatic carbocycles. The second kappa shape index (κ2) is 3.45. The summed E-state index contributed by atoms with van der Waals surface area (Å²) >= 11 is 0. The van der Waals surface area contributed by atoms with Crippen molar-refractivity contribution < 1.29 is 4.74 Å². The van der Waals surface area contributed by atoms with E-state index in [0.717, 1.165) is 17.1 Å². The number of nitrogens with one attached hydrogen (secondary N) is 1. The van der Waals surface area contributed by atoms with E-state index < -0.39 is 0 Å². The van der Waals surface area contributed by atoms with Gasteiger partial charge in [0.2, 0.25) is 0 Å². The van der Waals surface area contributed by atoms with Crippen molar-refractivity contribution >= 4 is 0 Å². The highest BCUT2D eigenvalue weighted by molar-refractivity contribution is 5.52. The molecule has 72 valence electrons. The maximum atomic E-state index is 4.86. The predicted molar refractivity (Wildman–Crippen MR) is 50.9 cm³/mol. The van der Waals surface area contributed by atoms with Gasteiger partial charge in [0, 0.05) is 24.3 Å². The molecule has 0 aliphatic rings. The average Bonchev–Trinajstić information content (AvgIpc) is 2.65. The molecule has 0 fully saturated rings. The normalized spacial score (nSPS) is 10.1. The second-order valence-corrected chi connectivity index (χ2v) is 2.87. The molecule has 2 aromatic rings. The first kappa shape index (κ1) is 8.68. The Balaban J connectivity index is 2.33. The monoisotopic (exact) mass is 190 g/mol. The molecule has 5 nitrogen and oxygen atoms in total. The van der Waals surface area contributed by atoms with E-state index in [9.17, 15) is 0 Å². The molecule has 0 saturated heterocycles. The maximum absolute atomic E-state index is 4.86. The molecule has 2 rings (SSSR count). The Kier molecular flexibility index (Phi) is 2.14. The number of hydrogen-bond acceptors (Lipinski definition) is 4. The molecule has 0 spiro atoms. The SMILES string of the molecule is COc1ncc(-c2ncc(C)[nH]2)cn1. The zero-order valence-corrected chi connectivity index (χ0v) is 7.98. The van der Waals surface area contributed by atoms with Crippen LogP contribution in [0.3, 0.4) is 0 Å². The number of aromatic nitrogens is 4. The Bertz CT molecular complexity index is 421. The fraction of sp³-hybridized carbons (Fsp3) is 0.222. The molecule has 0 saturated carbocycles. The topological polar surface area (TPSA) is 63.7 Å². The fourth-order valence-electron chi connectivity index (χ4n) is 1.10. The molecule has 5 heteroatoms. The summed E-state index contributed by atoms with van der Waals surface area (Å²) in [4.78, 5) is 15.2. The van der Waals surface area contributed by atoms with Gasteiger partial charge in [-0.15, -0.1) is 0 Å². The van der Waals surface area contributed by atoms with Crippen LogP contribution in [0.2, 0.25) is 0 Å². The van der Waals surface area contributed by atoms with Crippen LogP contribution in [-0.4, -0.2) is 27.0 Å². The molecule has 0 atom stereocenters. The van der Waals surface area contributed by atoms with Crippen molar-refractivity contribution in [1.82, 2.24) is 19.9 Å². The average molecular weight is 190 g/mol. The Hall–Kier alpha value is -1.91.